The van der Waals surface area contributed by atoms with Crippen molar-refractivity contribution in [1.82, 2.24) is 40.2 Å². The second-order valence-electron chi connectivity index (χ2n) is 17.9. The van der Waals surface area contributed by atoms with Gasteiger partial charge in [0.15, 0.2) is 0 Å². The lowest BCUT2D eigenvalue weighted by Gasteiger charge is -2.43. The van der Waals surface area contributed by atoms with Gasteiger partial charge in [0.05, 0.1) is 22.3 Å². The molecule has 0 bridgehead atoms. The fourth-order valence-corrected chi connectivity index (χ4v) is 9.69. The number of ether oxygens (including phenoxy) is 1. The van der Waals surface area contributed by atoms with Crippen molar-refractivity contribution in [2.75, 3.05) is 75.2 Å². The number of aromatic amines is 1. The molecular formula is C44H51FN10O5. The molecule has 5 fully saturated rings. The summed E-state index contributed by atoms with van der Waals surface area (Å²) in [6.07, 6.45) is 6.97. The van der Waals surface area contributed by atoms with Crippen molar-refractivity contribution < 1.29 is 28.3 Å². The first kappa shape index (κ1) is 38.7. The van der Waals surface area contributed by atoms with Crippen LogP contribution in [0.3, 0.4) is 0 Å². The van der Waals surface area contributed by atoms with Crippen LogP contribution in [0.5, 0.6) is 5.75 Å². The van der Waals surface area contributed by atoms with Crippen molar-refractivity contribution in [3.05, 3.63) is 59.9 Å². The highest BCUT2D eigenvalue weighted by atomic mass is 19.1. The third-order valence-corrected chi connectivity index (χ3v) is 13.6. The molecule has 6 aliphatic rings. The van der Waals surface area contributed by atoms with Crippen LogP contribution in [0.4, 0.5) is 15.9 Å². The summed E-state index contributed by atoms with van der Waals surface area (Å²) in [6.45, 7) is 9.73. The fourth-order valence-electron chi connectivity index (χ4n) is 9.69. The minimum absolute atomic E-state index is 0.0689. The molecule has 0 spiro atoms. The molecule has 1 unspecified atom stereocenters. The van der Waals surface area contributed by atoms with Gasteiger partial charge in [0.25, 0.3) is 11.8 Å². The molecule has 5 aliphatic heterocycles. The van der Waals surface area contributed by atoms with Gasteiger partial charge in [0.1, 0.15) is 40.9 Å². The van der Waals surface area contributed by atoms with Gasteiger partial charge in [0, 0.05) is 89.0 Å². The van der Waals surface area contributed by atoms with E-state index < -0.39 is 35.3 Å². The lowest BCUT2D eigenvalue weighted by atomic mass is 9.90. The Hall–Kier alpha value is -5.48. The molecule has 1 atom stereocenters. The lowest BCUT2D eigenvalue weighted by Crippen LogP contribution is -2.54. The highest BCUT2D eigenvalue weighted by Gasteiger charge is 2.45. The minimum Gasteiger partial charge on any atom is -0.488 e. The van der Waals surface area contributed by atoms with Crippen molar-refractivity contribution in [3.8, 4) is 17.1 Å². The third-order valence-electron chi connectivity index (χ3n) is 13.6. The van der Waals surface area contributed by atoms with Crippen LogP contribution in [-0.2, 0) is 9.59 Å². The molecule has 2 N–H and O–H groups in total. The van der Waals surface area contributed by atoms with Crippen LogP contribution < -0.4 is 19.9 Å². The molecule has 10 rings (SSSR count). The number of amides is 4. The number of fused-ring (bicyclic) bond motifs is 2. The standard InChI is InChI=1S/C44H51FN10O5/c1-43(10-11-43)60-30-3-5-34-33(23-30)39(50-49-34)35-24-37(47-27-46-35)54-20-18-52(19-21-54)26-44(45)12-16-51(17-13-44)25-28-8-14-53(15-9-28)29-2-4-31-32(22-29)42(59)55(41(31)58)36-6-7-38(56)48-40(36)57/h2-5,22-24,27-28,36H,6-21,25-26H2,1H3,(H,49,50)(H,48,56,57). The van der Waals surface area contributed by atoms with Crippen LogP contribution in [0, 0.1) is 5.92 Å². The molecular weight excluding hydrogens is 768 g/mol. The Bertz CT molecular complexity index is 2340. The number of carbonyl (C=O) groups excluding carboxylic acids is 4. The van der Waals surface area contributed by atoms with Gasteiger partial charge < -0.3 is 19.4 Å². The summed E-state index contributed by atoms with van der Waals surface area (Å²) in [7, 11) is 0. The van der Waals surface area contributed by atoms with E-state index in [-0.39, 0.29) is 18.4 Å². The predicted molar refractivity (Wildman–Crippen MR) is 222 cm³/mol. The highest BCUT2D eigenvalue weighted by Crippen LogP contribution is 2.41. The number of anilines is 2. The number of nitrogens with one attached hydrogen (secondary N) is 2. The van der Waals surface area contributed by atoms with E-state index in [2.05, 4.69) is 52.0 Å². The molecule has 60 heavy (non-hydrogen) atoms. The molecule has 1 saturated carbocycles. The zero-order valence-electron chi connectivity index (χ0n) is 34.0. The lowest BCUT2D eigenvalue weighted by molar-refractivity contribution is -0.136. The summed E-state index contributed by atoms with van der Waals surface area (Å²) in [5.41, 5.74) is 2.65. The van der Waals surface area contributed by atoms with E-state index in [1.165, 1.54) is 0 Å². The van der Waals surface area contributed by atoms with Crippen molar-refractivity contribution in [3.63, 3.8) is 0 Å². The summed E-state index contributed by atoms with van der Waals surface area (Å²) in [5.74, 6) is 0.198. The summed E-state index contributed by atoms with van der Waals surface area (Å²) >= 11 is 0. The number of piperazine rings is 1. The number of halogens is 1. The zero-order chi connectivity index (χ0) is 41.2. The number of imide groups is 2. The Morgan fingerprint density at radius 1 is 0.800 bits per heavy atom. The first-order chi connectivity index (χ1) is 29.0. The van der Waals surface area contributed by atoms with E-state index in [1.807, 2.05) is 30.3 Å². The number of H-pyrrole nitrogens is 1. The Balaban J connectivity index is 0.679. The summed E-state index contributed by atoms with van der Waals surface area (Å²) < 4.78 is 22.5. The largest absolute Gasteiger partial charge is 0.488 e. The average Bonchev–Trinajstić information content (AvgIpc) is 3.73. The van der Waals surface area contributed by atoms with Gasteiger partial charge >= 0.3 is 0 Å². The number of benzene rings is 2. The fraction of sp³-hybridized carbons (Fsp3) is 0.523. The van der Waals surface area contributed by atoms with E-state index in [0.717, 1.165) is 129 Å². The van der Waals surface area contributed by atoms with Crippen LogP contribution >= 0.6 is 0 Å². The maximum atomic E-state index is 16.3. The molecule has 4 aromatic rings. The Kier molecular flexibility index (Phi) is 9.81. The van der Waals surface area contributed by atoms with E-state index in [9.17, 15) is 19.2 Å². The SMILES string of the molecule is CC1(Oc2ccc3[nH]nc(-c4cc(N5CCN(CC6(F)CCN(CC7CCN(c8ccc9c(c8)C(=O)N(C8CCC(=O)NC8=O)C9=O)CC7)CC6)CC5)ncn4)c3c2)CC1. The van der Waals surface area contributed by atoms with Crippen molar-refractivity contribution in [1.29, 1.82) is 0 Å². The maximum absolute atomic E-state index is 16.3. The van der Waals surface area contributed by atoms with Crippen molar-refractivity contribution in [2.45, 2.75) is 75.6 Å². The zero-order valence-corrected chi connectivity index (χ0v) is 34.0. The molecule has 1 aliphatic carbocycles. The molecule has 15 nitrogen and oxygen atoms in total. The van der Waals surface area contributed by atoms with E-state index in [1.54, 1.807) is 18.5 Å². The Labute approximate surface area is 347 Å². The van der Waals surface area contributed by atoms with Crippen LogP contribution in [0.15, 0.2) is 48.8 Å². The van der Waals surface area contributed by atoms with Gasteiger partial charge in [-0.2, -0.15) is 5.10 Å². The molecule has 2 aromatic heterocycles. The smallest absolute Gasteiger partial charge is 0.262 e. The Morgan fingerprint density at radius 3 is 2.32 bits per heavy atom. The maximum Gasteiger partial charge on any atom is 0.262 e. The van der Waals surface area contributed by atoms with E-state index in [4.69, 9.17) is 4.74 Å². The third kappa shape index (κ3) is 7.59. The number of aromatic nitrogens is 4. The van der Waals surface area contributed by atoms with E-state index >= 15 is 4.39 Å². The molecule has 0 radical (unpaired) electrons. The predicted octanol–water partition coefficient (Wildman–Crippen LogP) is 4.20. The summed E-state index contributed by atoms with van der Waals surface area (Å²) in [4.78, 5) is 70.0. The molecule has 314 valence electrons. The van der Waals surface area contributed by atoms with Crippen LogP contribution in [0.2, 0.25) is 0 Å². The summed E-state index contributed by atoms with van der Waals surface area (Å²) in [6, 6.07) is 12.4. The number of piperidine rings is 3. The number of hydrogen-bond donors (Lipinski definition) is 2. The van der Waals surface area contributed by atoms with Crippen LogP contribution in [0.25, 0.3) is 22.3 Å². The monoisotopic (exact) mass is 818 g/mol. The molecule has 4 amide bonds. The van der Waals surface area contributed by atoms with Gasteiger partial charge in [-0.25, -0.2) is 14.4 Å². The topological polar surface area (TPSA) is 160 Å². The van der Waals surface area contributed by atoms with Gasteiger partial charge in [-0.1, -0.05) is 0 Å². The first-order valence-corrected chi connectivity index (χ1v) is 21.5. The summed E-state index contributed by atoms with van der Waals surface area (Å²) in [5, 5.41) is 10.9. The van der Waals surface area contributed by atoms with Gasteiger partial charge in [-0.3, -0.25) is 39.4 Å². The van der Waals surface area contributed by atoms with Crippen LogP contribution in [-0.4, -0.2) is 141 Å². The second kappa shape index (κ2) is 15.2. The number of rotatable bonds is 10. The van der Waals surface area contributed by atoms with Crippen LogP contribution in [0.1, 0.15) is 79.0 Å². The Morgan fingerprint density at radius 2 is 1.57 bits per heavy atom. The highest BCUT2D eigenvalue weighted by molar-refractivity contribution is 6.23. The normalized spacial score (nSPS) is 23.6. The minimum atomic E-state index is -1.20. The molecule has 16 heteroatoms. The van der Waals surface area contributed by atoms with Crippen molar-refractivity contribution >= 4 is 46.0 Å². The number of likely N-dealkylation sites (tertiary alicyclic amines) is 1. The first-order valence-electron chi connectivity index (χ1n) is 21.5. The van der Waals surface area contributed by atoms with Gasteiger partial charge in [-0.05, 0) is 94.2 Å². The van der Waals surface area contributed by atoms with Gasteiger partial charge in [-0.15, -0.1) is 0 Å². The molecule has 7 heterocycles. The van der Waals surface area contributed by atoms with E-state index in [0.29, 0.717) is 36.4 Å². The average molecular weight is 819 g/mol. The number of nitrogens with zero attached hydrogens (tertiary/aromatic N) is 8. The number of hydrogen-bond acceptors (Lipinski definition) is 12. The van der Waals surface area contributed by atoms with Crippen molar-refractivity contribution in [2.24, 2.45) is 5.92 Å². The second-order valence-corrected chi connectivity index (χ2v) is 17.9. The molecule has 2 aromatic carbocycles. The molecule has 4 saturated heterocycles. The quantitative estimate of drug-likeness (QED) is 0.220. The number of alkyl halides is 1. The van der Waals surface area contributed by atoms with Gasteiger partial charge in [0.2, 0.25) is 11.8 Å². The number of carbonyl (C=O) groups is 4.